The lowest BCUT2D eigenvalue weighted by atomic mass is 9.91. The fourth-order valence-corrected chi connectivity index (χ4v) is 1.11. The highest BCUT2D eigenvalue weighted by molar-refractivity contribution is 4.83. The quantitative estimate of drug-likeness (QED) is 0.633. The summed E-state index contributed by atoms with van der Waals surface area (Å²) >= 11 is 0. The SMILES string of the molecule is CCOCC(O)C(O)(CC)CC. The molecule has 0 fully saturated rings. The molecule has 0 aliphatic heterocycles. The van der Waals surface area contributed by atoms with Crippen LogP contribution in [-0.2, 0) is 4.74 Å². The van der Waals surface area contributed by atoms with E-state index in [-0.39, 0.29) is 6.61 Å². The minimum atomic E-state index is -0.977. The Morgan fingerprint density at radius 3 is 2.08 bits per heavy atom. The summed E-state index contributed by atoms with van der Waals surface area (Å²) < 4.78 is 5.04. The third kappa shape index (κ3) is 3.09. The Balaban J connectivity index is 3.93. The van der Waals surface area contributed by atoms with E-state index in [4.69, 9.17) is 4.74 Å². The van der Waals surface area contributed by atoms with Crippen LogP contribution in [0.2, 0.25) is 0 Å². The van der Waals surface area contributed by atoms with Gasteiger partial charge in [-0.05, 0) is 19.8 Å². The minimum absolute atomic E-state index is 0.217. The molecule has 0 heterocycles. The predicted octanol–water partition coefficient (Wildman–Crippen LogP) is 0.935. The molecule has 3 heteroatoms. The molecule has 0 aliphatic carbocycles. The van der Waals surface area contributed by atoms with Crippen LogP contribution in [0.25, 0.3) is 0 Å². The third-order valence-electron chi connectivity index (χ3n) is 2.32. The number of rotatable bonds is 6. The minimum Gasteiger partial charge on any atom is -0.388 e. The maximum atomic E-state index is 9.79. The second-order valence-electron chi connectivity index (χ2n) is 2.99. The van der Waals surface area contributed by atoms with E-state index in [0.29, 0.717) is 19.4 Å². The summed E-state index contributed by atoms with van der Waals surface area (Å²) in [6, 6.07) is 0. The number of aliphatic hydroxyl groups excluding tert-OH is 1. The van der Waals surface area contributed by atoms with E-state index in [2.05, 4.69) is 0 Å². The molecule has 0 aromatic heterocycles. The monoisotopic (exact) mass is 176 g/mol. The van der Waals surface area contributed by atoms with E-state index >= 15 is 0 Å². The van der Waals surface area contributed by atoms with Crippen LogP contribution in [0.4, 0.5) is 0 Å². The van der Waals surface area contributed by atoms with Gasteiger partial charge in [-0.1, -0.05) is 13.8 Å². The Labute approximate surface area is 74.4 Å². The summed E-state index contributed by atoms with van der Waals surface area (Å²) in [5.41, 5.74) is -0.977. The van der Waals surface area contributed by atoms with Gasteiger partial charge in [0.15, 0.2) is 0 Å². The second kappa shape index (κ2) is 5.51. The molecule has 0 aliphatic rings. The molecule has 1 unspecified atom stereocenters. The van der Waals surface area contributed by atoms with Crippen molar-refractivity contribution in [2.45, 2.75) is 45.3 Å². The van der Waals surface area contributed by atoms with Gasteiger partial charge in [0.1, 0.15) is 6.10 Å². The summed E-state index contributed by atoms with van der Waals surface area (Å²) in [5.74, 6) is 0. The zero-order valence-corrected chi connectivity index (χ0v) is 8.21. The fraction of sp³-hybridized carbons (Fsp3) is 1.00. The molecule has 3 nitrogen and oxygen atoms in total. The van der Waals surface area contributed by atoms with Crippen molar-refractivity contribution >= 4 is 0 Å². The first-order valence-corrected chi connectivity index (χ1v) is 4.58. The molecule has 12 heavy (non-hydrogen) atoms. The second-order valence-corrected chi connectivity index (χ2v) is 2.99. The van der Waals surface area contributed by atoms with Crippen molar-refractivity contribution in [3.05, 3.63) is 0 Å². The van der Waals surface area contributed by atoms with Crippen LogP contribution in [-0.4, -0.2) is 35.1 Å². The molecule has 0 saturated carbocycles. The highest BCUT2D eigenvalue weighted by atomic mass is 16.5. The van der Waals surface area contributed by atoms with E-state index in [1.807, 2.05) is 20.8 Å². The highest BCUT2D eigenvalue weighted by Crippen LogP contribution is 2.19. The molecule has 0 radical (unpaired) electrons. The lowest BCUT2D eigenvalue weighted by Crippen LogP contribution is -2.43. The highest BCUT2D eigenvalue weighted by Gasteiger charge is 2.31. The zero-order valence-electron chi connectivity index (χ0n) is 8.21. The van der Waals surface area contributed by atoms with Crippen molar-refractivity contribution in [1.29, 1.82) is 0 Å². The van der Waals surface area contributed by atoms with Crippen LogP contribution in [0, 0.1) is 0 Å². The van der Waals surface area contributed by atoms with Crippen LogP contribution in [0.5, 0.6) is 0 Å². The zero-order chi connectivity index (χ0) is 9.61. The summed E-state index contributed by atoms with van der Waals surface area (Å²) in [7, 11) is 0. The maximum Gasteiger partial charge on any atom is 0.106 e. The molecule has 0 saturated heterocycles. The topological polar surface area (TPSA) is 49.7 Å². The Kier molecular flexibility index (Phi) is 5.46. The van der Waals surface area contributed by atoms with Crippen molar-refractivity contribution in [3.8, 4) is 0 Å². The molecule has 74 valence electrons. The first-order chi connectivity index (χ1) is 5.60. The Hall–Kier alpha value is -0.120. The summed E-state index contributed by atoms with van der Waals surface area (Å²) in [6.07, 6.45) is 0.336. The molecular formula is C9H20O3. The smallest absolute Gasteiger partial charge is 0.106 e. The van der Waals surface area contributed by atoms with Crippen molar-refractivity contribution < 1.29 is 14.9 Å². The van der Waals surface area contributed by atoms with Crippen LogP contribution in [0.3, 0.4) is 0 Å². The number of aliphatic hydroxyl groups is 2. The molecular weight excluding hydrogens is 156 g/mol. The van der Waals surface area contributed by atoms with Crippen LogP contribution in [0.15, 0.2) is 0 Å². The van der Waals surface area contributed by atoms with Crippen molar-refractivity contribution in [3.63, 3.8) is 0 Å². The van der Waals surface area contributed by atoms with Crippen LogP contribution in [0.1, 0.15) is 33.6 Å². The Bertz CT molecular complexity index is 110. The van der Waals surface area contributed by atoms with E-state index in [1.165, 1.54) is 0 Å². The Morgan fingerprint density at radius 2 is 1.75 bits per heavy atom. The van der Waals surface area contributed by atoms with E-state index < -0.39 is 11.7 Å². The summed E-state index contributed by atoms with van der Waals surface area (Å²) in [6.45, 7) is 6.37. The van der Waals surface area contributed by atoms with Gasteiger partial charge in [-0.25, -0.2) is 0 Å². The lowest BCUT2D eigenvalue weighted by molar-refractivity contribution is -0.109. The van der Waals surface area contributed by atoms with E-state index in [9.17, 15) is 10.2 Å². The van der Waals surface area contributed by atoms with Gasteiger partial charge in [-0.2, -0.15) is 0 Å². The normalized spacial score (nSPS) is 14.8. The molecule has 0 bridgehead atoms. The number of ether oxygens (including phenoxy) is 1. The van der Waals surface area contributed by atoms with Crippen molar-refractivity contribution in [2.24, 2.45) is 0 Å². The van der Waals surface area contributed by atoms with Crippen molar-refractivity contribution in [1.82, 2.24) is 0 Å². The Morgan fingerprint density at radius 1 is 1.25 bits per heavy atom. The first kappa shape index (κ1) is 11.9. The molecule has 0 amide bonds. The largest absolute Gasteiger partial charge is 0.388 e. The molecule has 0 aromatic rings. The number of hydrogen-bond acceptors (Lipinski definition) is 3. The van der Waals surface area contributed by atoms with Gasteiger partial charge in [-0.15, -0.1) is 0 Å². The van der Waals surface area contributed by atoms with Crippen LogP contribution < -0.4 is 0 Å². The van der Waals surface area contributed by atoms with Crippen molar-refractivity contribution in [2.75, 3.05) is 13.2 Å². The van der Waals surface area contributed by atoms with E-state index in [0.717, 1.165) is 0 Å². The van der Waals surface area contributed by atoms with Gasteiger partial charge in [0.2, 0.25) is 0 Å². The molecule has 0 spiro atoms. The average Bonchev–Trinajstić information content (AvgIpc) is 2.12. The molecule has 2 N–H and O–H groups in total. The molecule has 0 aromatic carbocycles. The van der Waals surface area contributed by atoms with Gasteiger partial charge >= 0.3 is 0 Å². The van der Waals surface area contributed by atoms with Gasteiger partial charge in [0.25, 0.3) is 0 Å². The van der Waals surface area contributed by atoms with Gasteiger partial charge < -0.3 is 14.9 Å². The van der Waals surface area contributed by atoms with Gasteiger partial charge in [0, 0.05) is 6.61 Å². The lowest BCUT2D eigenvalue weighted by Gasteiger charge is -2.30. The summed E-state index contributed by atoms with van der Waals surface area (Å²) in [4.78, 5) is 0. The molecule has 1 atom stereocenters. The first-order valence-electron chi connectivity index (χ1n) is 4.58. The summed E-state index contributed by atoms with van der Waals surface area (Å²) in [5, 5.41) is 19.3. The predicted molar refractivity (Wildman–Crippen MR) is 48.0 cm³/mol. The number of hydrogen-bond donors (Lipinski definition) is 2. The van der Waals surface area contributed by atoms with E-state index in [1.54, 1.807) is 0 Å². The van der Waals surface area contributed by atoms with Gasteiger partial charge in [-0.3, -0.25) is 0 Å². The fourth-order valence-electron chi connectivity index (χ4n) is 1.11. The average molecular weight is 176 g/mol. The standard InChI is InChI=1S/C9H20O3/c1-4-9(11,5-2)8(10)7-12-6-3/h8,10-11H,4-7H2,1-3H3. The van der Waals surface area contributed by atoms with Crippen LogP contribution >= 0.6 is 0 Å². The van der Waals surface area contributed by atoms with Gasteiger partial charge in [0.05, 0.1) is 12.2 Å². The maximum absolute atomic E-state index is 9.79. The third-order valence-corrected chi connectivity index (χ3v) is 2.32. The molecule has 0 rings (SSSR count).